The quantitative estimate of drug-likeness (QED) is 0.741. The molecule has 0 fully saturated rings. The molecule has 0 saturated heterocycles. The molecule has 2 unspecified atom stereocenters. The van der Waals surface area contributed by atoms with Gasteiger partial charge >= 0.3 is 0 Å². The van der Waals surface area contributed by atoms with Gasteiger partial charge in [-0.25, -0.2) is 4.21 Å². The molecule has 0 amide bonds. The van der Waals surface area contributed by atoms with Crippen molar-refractivity contribution in [1.29, 1.82) is 0 Å². The summed E-state index contributed by atoms with van der Waals surface area (Å²) in [4.78, 5) is 0.712. The van der Waals surface area contributed by atoms with Crippen LogP contribution in [-0.4, -0.2) is 4.21 Å². The van der Waals surface area contributed by atoms with Gasteiger partial charge < -0.3 is 14.9 Å². The molecule has 4 nitrogen and oxygen atoms in total. The third-order valence-electron chi connectivity index (χ3n) is 3.52. The maximum Gasteiger partial charge on any atom is 0.150 e. The van der Waals surface area contributed by atoms with E-state index in [1.165, 1.54) is 0 Å². The van der Waals surface area contributed by atoms with Crippen molar-refractivity contribution >= 4 is 16.7 Å². The van der Waals surface area contributed by atoms with E-state index in [2.05, 4.69) is 4.72 Å². The second-order valence-corrected chi connectivity index (χ2v) is 6.47. The van der Waals surface area contributed by atoms with Crippen molar-refractivity contribution in [1.82, 2.24) is 0 Å². The highest BCUT2D eigenvalue weighted by atomic mass is 32.2. The fourth-order valence-corrected chi connectivity index (χ4v) is 3.17. The first-order valence-electron chi connectivity index (χ1n) is 7.32. The molecule has 5 heteroatoms. The summed E-state index contributed by atoms with van der Waals surface area (Å²) in [6.07, 6.45) is 1.62. The van der Waals surface area contributed by atoms with Crippen molar-refractivity contribution < 1.29 is 8.63 Å². The zero-order valence-electron chi connectivity index (χ0n) is 12.7. The van der Waals surface area contributed by atoms with E-state index in [1.54, 1.807) is 6.26 Å². The highest BCUT2D eigenvalue weighted by molar-refractivity contribution is 7.86. The summed E-state index contributed by atoms with van der Waals surface area (Å²) in [5.41, 5.74) is 8.52. The summed E-state index contributed by atoms with van der Waals surface area (Å²) in [6, 6.07) is 18.7. The smallest absolute Gasteiger partial charge is 0.150 e. The van der Waals surface area contributed by atoms with Crippen molar-refractivity contribution in [2.24, 2.45) is 5.73 Å². The lowest BCUT2D eigenvalue weighted by atomic mass is 10.0. The van der Waals surface area contributed by atoms with Gasteiger partial charge in [-0.2, -0.15) is 0 Å². The zero-order valence-corrected chi connectivity index (χ0v) is 13.5. The fraction of sp³-hybridized carbons (Fsp3) is 0.111. The molecule has 2 atom stereocenters. The molecule has 0 aliphatic rings. The Bertz CT molecular complexity index is 799. The molecule has 3 rings (SSSR count). The largest absolute Gasteiger partial charge is 0.464 e. The predicted molar refractivity (Wildman–Crippen MR) is 93.2 cm³/mol. The van der Waals surface area contributed by atoms with Crippen LogP contribution in [0, 0.1) is 0 Å². The van der Waals surface area contributed by atoms with Gasteiger partial charge in [-0.3, -0.25) is 0 Å². The van der Waals surface area contributed by atoms with Crippen LogP contribution in [0.15, 0.2) is 76.2 Å². The van der Waals surface area contributed by atoms with Crippen LogP contribution in [0.3, 0.4) is 0 Å². The van der Waals surface area contributed by atoms with Crippen LogP contribution in [0.5, 0.6) is 0 Å². The number of hydrogen-bond acceptors (Lipinski definition) is 3. The van der Waals surface area contributed by atoms with Gasteiger partial charge in [-0.05, 0) is 48.9 Å². The van der Waals surface area contributed by atoms with Gasteiger partial charge in [0, 0.05) is 11.6 Å². The van der Waals surface area contributed by atoms with Gasteiger partial charge in [0.25, 0.3) is 0 Å². The Morgan fingerprint density at radius 3 is 2.52 bits per heavy atom. The minimum absolute atomic E-state index is 0.105. The number of nitrogens with two attached hydrogens (primary N) is 1. The highest BCUT2D eigenvalue weighted by Crippen LogP contribution is 2.31. The molecule has 0 spiro atoms. The number of hydrogen-bond donors (Lipinski definition) is 2. The van der Waals surface area contributed by atoms with E-state index in [-0.39, 0.29) is 6.04 Å². The van der Waals surface area contributed by atoms with E-state index in [0.29, 0.717) is 10.7 Å². The van der Waals surface area contributed by atoms with Crippen molar-refractivity contribution in [2.45, 2.75) is 17.9 Å². The molecule has 1 aromatic heterocycles. The molecule has 3 N–H and O–H groups in total. The van der Waals surface area contributed by atoms with Crippen molar-refractivity contribution in [3.8, 4) is 11.3 Å². The molecule has 0 saturated carbocycles. The first-order valence-corrected chi connectivity index (χ1v) is 8.47. The summed E-state index contributed by atoms with van der Waals surface area (Å²) in [6.45, 7) is 1.92. The van der Waals surface area contributed by atoms with Crippen LogP contribution in [0.4, 0.5) is 5.69 Å². The number of rotatable bonds is 5. The second kappa shape index (κ2) is 6.81. The molecular formula is C18H18N2O2S. The Morgan fingerprint density at radius 1 is 1.09 bits per heavy atom. The molecule has 2 aromatic carbocycles. The summed E-state index contributed by atoms with van der Waals surface area (Å²) >= 11 is 0. The second-order valence-electron chi connectivity index (χ2n) is 5.25. The third-order valence-corrected chi connectivity index (χ3v) is 4.62. The molecule has 0 aliphatic heterocycles. The Morgan fingerprint density at radius 2 is 1.87 bits per heavy atom. The maximum absolute atomic E-state index is 12.6. The van der Waals surface area contributed by atoms with E-state index >= 15 is 0 Å². The fourth-order valence-electron chi connectivity index (χ4n) is 2.28. The van der Waals surface area contributed by atoms with Gasteiger partial charge in [-0.1, -0.05) is 24.3 Å². The van der Waals surface area contributed by atoms with Crippen molar-refractivity contribution in [2.75, 3.05) is 4.72 Å². The number of furan rings is 1. The standard InChI is InChI=1S/C18H18N2O2S/c1-13(19)14-9-10-16(18-8-5-11-22-18)17(12-14)20-23(21)15-6-3-2-4-7-15/h2-13,20H,19H2,1H3. The maximum atomic E-state index is 12.6. The number of anilines is 1. The Hall–Kier alpha value is -2.37. The van der Waals surface area contributed by atoms with E-state index < -0.39 is 11.0 Å². The molecule has 3 aromatic rings. The first kappa shape index (κ1) is 15.5. The van der Waals surface area contributed by atoms with Crippen LogP contribution in [0.2, 0.25) is 0 Å². The van der Waals surface area contributed by atoms with Gasteiger partial charge in [0.1, 0.15) is 16.7 Å². The summed E-state index contributed by atoms with van der Waals surface area (Å²) in [5.74, 6) is 0.716. The normalized spacial score (nSPS) is 13.5. The van der Waals surface area contributed by atoms with Gasteiger partial charge in [-0.15, -0.1) is 0 Å². The molecule has 1 heterocycles. The molecule has 23 heavy (non-hydrogen) atoms. The lowest BCUT2D eigenvalue weighted by Crippen LogP contribution is -2.09. The Labute approximate surface area is 137 Å². The Balaban J connectivity index is 1.98. The van der Waals surface area contributed by atoms with Crippen LogP contribution >= 0.6 is 0 Å². The van der Waals surface area contributed by atoms with E-state index in [0.717, 1.165) is 16.8 Å². The molecular weight excluding hydrogens is 308 g/mol. The summed E-state index contributed by atoms with van der Waals surface area (Å²) < 4.78 is 21.1. The minimum atomic E-state index is -1.36. The van der Waals surface area contributed by atoms with Crippen molar-refractivity contribution in [3.05, 3.63) is 72.5 Å². The predicted octanol–water partition coefficient (Wildman–Crippen LogP) is 4.10. The molecule has 118 valence electrons. The van der Waals surface area contributed by atoms with Gasteiger partial charge in [0.2, 0.25) is 0 Å². The van der Waals surface area contributed by atoms with Gasteiger partial charge in [0.05, 0.1) is 16.8 Å². The summed E-state index contributed by atoms with van der Waals surface area (Å²) in [7, 11) is -1.36. The monoisotopic (exact) mass is 326 g/mol. The van der Waals surface area contributed by atoms with E-state index in [4.69, 9.17) is 10.2 Å². The zero-order chi connectivity index (χ0) is 16.2. The van der Waals surface area contributed by atoms with Crippen LogP contribution < -0.4 is 10.5 Å². The summed E-state index contributed by atoms with van der Waals surface area (Å²) in [5, 5.41) is 0. The van der Waals surface area contributed by atoms with Crippen LogP contribution in [-0.2, 0) is 11.0 Å². The lowest BCUT2D eigenvalue weighted by Gasteiger charge is -2.14. The Kier molecular flexibility index (Phi) is 4.60. The number of nitrogens with one attached hydrogen (secondary N) is 1. The topological polar surface area (TPSA) is 68.3 Å². The minimum Gasteiger partial charge on any atom is -0.464 e. The van der Waals surface area contributed by atoms with Crippen LogP contribution in [0.1, 0.15) is 18.5 Å². The molecule has 0 radical (unpaired) electrons. The molecule has 0 aliphatic carbocycles. The first-order chi connectivity index (χ1) is 11.1. The van der Waals surface area contributed by atoms with Gasteiger partial charge in [0.15, 0.2) is 0 Å². The average molecular weight is 326 g/mol. The lowest BCUT2D eigenvalue weighted by molar-refractivity contribution is 0.582. The molecule has 0 bridgehead atoms. The van der Waals surface area contributed by atoms with E-state index in [9.17, 15) is 4.21 Å². The number of benzene rings is 2. The average Bonchev–Trinajstić information content (AvgIpc) is 3.09. The SMILES string of the molecule is CC(N)c1ccc(-c2ccco2)c(NS(=O)c2ccccc2)c1. The van der Waals surface area contributed by atoms with Crippen molar-refractivity contribution in [3.63, 3.8) is 0 Å². The highest BCUT2D eigenvalue weighted by Gasteiger charge is 2.13. The van der Waals surface area contributed by atoms with Crippen LogP contribution in [0.25, 0.3) is 11.3 Å². The van der Waals surface area contributed by atoms with E-state index in [1.807, 2.05) is 67.6 Å². The third kappa shape index (κ3) is 3.52.